The van der Waals surface area contributed by atoms with Gasteiger partial charge >= 0.3 is 0 Å². The molecule has 2 aromatic heterocycles. The third-order valence-electron chi connectivity index (χ3n) is 4.61. The predicted molar refractivity (Wildman–Crippen MR) is 114 cm³/mol. The van der Waals surface area contributed by atoms with Crippen LogP contribution in [-0.2, 0) is 4.79 Å². The highest BCUT2D eigenvalue weighted by Crippen LogP contribution is 2.20. The van der Waals surface area contributed by atoms with Gasteiger partial charge in [-0.25, -0.2) is 15.0 Å². The number of carbonyl (C=O) groups is 1. The van der Waals surface area contributed by atoms with E-state index in [0.29, 0.717) is 46.7 Å². The number of fused-ring (bicyclic) bond motifs is 1. The molecule has 1 aromatic carbocycles. The molecule has 3 aromatic rings. The summed E-state index contributed by atoms with van der Waals surface area (Å²) in [5.74, 6) is 7.52. The van der Waals surface area contributed by atoms with Crippen LogP contribution in [0.3, 0.4) is 0 Å². The van der Waals surface area contributed by atoms with Crippen LogP contribution in [0.25, 0.3) is 11.2 Å². The number of hydrogen-bond donors (Lipinski definition) is 2. The van der Waals surface area contributed by atoms with Crippen LogP contribution in [0.2, 0.25) is 5.02 Å². The molecule has 2 N–H and O–H groups in total. The SMILES string of the molecule is C=CC(=O)N1CCC(Nc2ncnc3[nH]c(C#CCOc4cccc(Cl)c4)nc23)C1. The first-order chi connectivity index (χ1) is 14.6. The van der Waals surface area contributed by atoms with E-state index in [0.717, 1.165) is 6.42 Å². The fourth-order valence-corrected chi connectivity index (χ4v) is 3.37. The summed E-state index contributed by atoms with van der Waals surface area (Å²) >= 11 is 5.93. The average Bonchev–Trinajstić information content (AvgIpc) is 3.38. The summed E-state index contributed by atoms with van der Waals surface area (Å²) in [4.78, 5) is 29.6. The smallest absolute Gasteiger partial charge is 0.246 e. The zero-order valence-corrected chi connectivity index (χ0v) is 16.8. The highest BCUT2D eigenvalue weighted by molar-refractivity contribution is 6.30. The van der Waals surface area contributed by atoms with Gasteiger partial charge in [-0.05, 0) is 36.6 Å². The third-order valence-corrected chi connectivity index (χ3v) is 4.85. The molecule has 1 amide bonds. The molecule has 8 nitrogen and oxygen atoms in total. The number of carbonyl (C=O) groups excluding carboxylic acids is 1. The number of imidazole rings is 1. The van der Waals surface area contributed by atoms with Crippen LogP contribution in [0.4, 0.5) is 5.82 Å². The molecule has 0 bridgehead atoms. The summed E-state index contributed by atoms with van der Waals surface area (Å²) in [6, 6.07) is 7.22. The molecule has 1 aliphatic heterocycles. The van der Waals surface area contributed by atoms with Gasteiger partial charge in [0.05, 0.1) is 0 Å². The molecule has 1 saturated heterocycles. The van der Waals surface area contributed by atoms with Crippen molar-refractivity contribution in [3.8, 4) is 17.6 Å². The minimum Gasteiger partial charge on any atom is -0.481 e. The third kappa shape index (κ3) is 4.53. The van der Waals surface area contributed by atoms with E-state index in [1.165, 1.54) is 12.4 Å². The van der Waals surface area contributed by atoms with Crippen molar-refractivity contribution >= 4 is 34.5 Å². The summed E-state index contributed by atoms with van der Waals surface area (Å²) in [5.41, 5.74) is 1.19. The van der Waals surface area contributed by atoms with E-state index in [9.17, 15) is 4.79 Å². The maximum absolute atomic E-state index is 11.8. The van der Waals surface area contributed by atoms with Gasteiger partial charge in [-0.3, -0.25) is 4.79 Å². The maximum Gasteiger partial charge on any atom is 0.246 e. The lowest BCUT2D eigenvalue weighted by Crippen LogP contribution is -2.30. The Morgan fingerprint density at radius 3 is 3.20 bits per heavy atom. The molecule has 9 heteroatoms. The molecule has 1 unspecified atom stereocenters. The van der Waals surface area contributed by atoms with Crippen molar-refractivity contribution in [3.05, 3.63) is 54.1 Å². The van der Waals surface area contributed by atoms with E-state index in [4.69, 9.17) is 16.3 Å². The molecule has 1 fully saturated rings. The van der Waals surface area contributed by atoms with E-state index in [1.54, 1.807) is 17.0 Å². The fourth-order valence-electron chi connectivity index (χ4n) is 3.19. The molecule has 0 spiro atoms. The number of aromatic nitrogens is 4. The molecule has 1 aliphatic rings. The molecule has 0 radical (unpaired) electrons. The average molecular weight is 423 g/mol. The summed E-state index contributed by atoms with van der Waals surface area (Å²) in [6.07, 6.45) is 3.62. The molecule has 0 aliphatic carbocycles. The second kappa shape index (κ2) is 8.84. The normalized spacial score (nSPS) is 15.5. The number of hydrogen-bond acceptors (Lipinski definition) is 6. The van der Waals surface area contributed by atoms with Crippen LogP contribution in [-0.4, -0.2) is 56.5 Å². The lowest BCUT2D eigenvalue weighted by molar-refractivity contribution is -0.125. The van der Waals surface area contributed by atoms with Gasteiger partial charge in [0.1, 0.15) is 18.7 Å². The number of H-pyrrole nitrogens is 1. The molecule has 4 rings (SSSR count). The molecular formula is C21H19ClN6O2. The summed E-state index contributed by atoms with van der Waals surface area (Å²) in [5, 5.41) is 3.96. The predicted octanol–water partition coefficient (Wildman–Crippen LogP) is 2.64. The number of anilines is 1. The van der Waals surface area contributed by atoms with Gasteiger partial charge in [-0.15, -0.1) is 0 Å². The Morgan fingerprint density at radius 1 is 1.47 bits per heavy atom. The van der Waals surface area contributed by atoms with E-state index in [1.807, 2.05) is 12.1 Å². The van der Waals surface area contributed by atoms with Crippen LogP contribution in [0.15, 0.2) is 43.2 Å². The standard InChI is InChI=1S/C21H19ClN6O2/c1-2-18(29)28-9-8-15(12-28)25-20-19-21(24-13-23-20)27-17(26-19)7-4-10-30-16-6-3-5-14(22)11-16/h2-3,5-6,11,13,15H,1,8-10,12H2,(H2,23,24,25,26,27). The van der Waals surface area contributed by atoms with Gasteiger partial charge in [0.2, 0.25) is 5.91 Å². The van der Waals surface area contributed by atoms with Gasteiger partial charge in [-0.2, -0.15) is 0 Å². The monoisotopic (exact) mass is 422 g/mol. The van der Waals surface area contributed by atoms with Crippen molar-refractivity contribution in [1.29, 1.82) is 0 Å². The number of amides is 1. The lowest BCUT2D eigenvalue weighted by Gasteiger charge is -2.15. The first kappa shape index (κ1) is 19.7. The molecular weight excluding hydrogens is 404 g/mol. The van der Waals surface area contributed by atoms with Crippen LogP contribution in [0, 0.1) is 11.8 Å². The topological polar surface area (TPSA) is 96.0 Å². The number of likely N-dealkylation sites (tertiary alicyclic amines) is 1. The second-order valence-electron chi connectivity index (χ2n) is 6.67. The van der Waals surface area contributed by atoms with Crippen molar-refractivity contribution in [1.82, 2.24) is 24.8 Å². The summed E-state index contributed by atoms with van der Waals surface area (Å²) in [6.45, 7) is 5.01. The van der Waals surface area contributed by atoms with Crippen molar-refractivity contribution in [2.45, 2.75) is 12.5 Å². The summed E-state index contributed by atoms with van der Waals surface area (Å²) in [7, 11) is 0. The van der Waals surface area contributed by atoms with E-state index >= 15 is 0 Å². The fraction of sp³-hybridized carbons (Fsp3) is 0.238. The Hall–Kier alpha value is -3.57. The Bertz CT molecular complexity index is 1150. The molecule has 3 heterocycles. The molecule has 1 atom stereocenters. The van der Waals surface area contributed by atoms with Gasteiger partial charge in [0.25, 0.3) is 0 Å². The number of rotatable bonds is 5. The molecule has 0 saturated carbocycles. The van der Waals surface area contributed by atoms with Gasteiger partial charge in [0, 0.05) is 24.2 Å². The number of aromatic amines is 1. The number of benzene rings is 1. The number of ether oxygens (including phenoxy) is 1. The van der Waals surface area contributed by atoms with Crippen LogP contribution in [0.1, 0.15) is 12.2 Å². The van der Waals surface area contributed by atoms with Gasteiger partial charge < -0.3 is 19.9 Å². The maximum atomic E-state index is 11.8. The highest BCUT2D eigenvalue weighted by atomic mass is 35.5. The second-order valence-corrected chi connectivity index (χ2v) is 7.11. The Morgan fingerprint density at radius 2 is 2.37 bits per heavy atom. The minimum atomic E-state index is -0.0653. The van der Waals surface area contributed by atoms with Crippen molar-refractivity contribution < 1.29 is 9.53 Å². The van der Waals surface area contributed by atoms with Crippen molar-refractivity contribution in [2.24, 2.45) is 0 Å². The Labute approximate surface area is 178 Å². The Kier molecular flexibility index (Phi) is 5.82. The number of nitrogens with zero attached hydrogens (tertiary/aromatic N) is 4. The summed E-state index contributed by atoms with van der Waals surface area (Å²) < 4.78 is 5.55. The zero-order valence-electron chi connectivity index (χ0n) is 16.1. The van der Waals surface area contributed by atoms with Gasteiger partial charge in [0.15, 0.2) is 22.8 Å². The number of nitrogens with one attached hydrogen (secondary N) is 2. The van der Waals surface area contributed by atoms with E-state index in [2.05, 4.69) is 43.7 Å². The molecule has 30 heavy (non-hydrogen) atoms. The van der Waals surface area contributed by atoms with E-state index < -0.39 is 0 Å². The van der Waals surface area contributed by atoms with Crippen LogP contribution >= 0.6 is 11.6 Å². The van der Waals surface area contributed by atoms with Crippen molar-refractivity contribution in [3.63, 3.8) is 0 Å². The van der Waals surface area contributed by atoms with E-state index in [-0.39, 0.29) is 18.6 Å². The largest absolute Gasteiger partial charge is 0.481 e. The molecule has 152 valence electrons. The zero-order chi connectivity index (χ0) is 20.9. The highest BCUT2D eigenvalue weighted by Gasteiger charge is 2.25. The lowest BCUT2D eigenvalue weighted by atomic mass is 10.2. The Balaban J connectivity index is 1.42. The van der Waals surface area contributed by atoms with Crippen LogP contribution < -0.4 is 10.1 Å². The first-order valence-electron chi connectivity index (χ1n) is 9.38. The van der Waals surface area contributed by atoms with Gasteiger partial charge in [-0.1, -0.05) is 30.2 Å². The quantitative estimate of drug-likeness (QED) is 0.484. The minimum absolute atomic E-state index is 0.0653. The number of halogens is 1. The first-order valence-corrected chi connectivity index (χ1v) is 9.76. The van der Waals surface area contributed by atoms with Crippen LogP contribution in [0.5, 0.6) is 5.75 Å². The van der Waals surface area contributed by atoms with Crippen molar-refractivity contribution in [2.75, 3.05) is 25.0 Å².